The maximum atomic E-state index is 10.8. The summed E-state index contributed by atoms with van der Waals surface area (Å²) in [6, 6.07) is 4.51. The molecule has 0 amide bonds. The zero-order chi connectivity index (χ0) is 18.8. The summed E-state index contributed by atoms with van der Waals surface area (Å²) in [5.41, 5.74) is 6.16. The Bertz CT molecular complexity index is 1080. The van der Waals surface area contributed by atoms with E-state index in [4.69, 9.17) is 5.10 Å². The summed E-state index contributed by atoms with van der Waals surface area (Å²) in [5.74, 6) is 0.908. The fourth-order valence-electron chi connectivity index (χ4n) is 4.98. The second-order valence-corrected chi connectivity index (χ2v) is 8.72. The van der Waals surface area contributed by atoms with E-state index in [2.05, 4.69) is 32.9 Å². The number of fused-ring (bicyclic) bond motifs is 2. The Morgan fingerprint density at radius 1 is 1.11 bits per heavy atom. The molecule has 3 aromatic rings. The fourth-order valence-corrected chi connectivity index (χ4v) is 4.98. The van der Waals surface area contributed by atoms with Crippen LogP contribution in [0.2, 0.25) is 0 Å². The molecular formula is C22H25N5O. The largest absolute Gasteiger partial charge is 0.507 e. The van der Waals surface area contributed by atoms with Gasteiger partial charge in [-0.2, -0.15) is 5.10 Å². The van der Waals surface area contributed by atoms with Crippen molar-refractivity contribution in [1.29, 1.82) is 0 Å². The molecule has 1 aliphatic heterocycles. The highest BCUT2D eigenvalue weighted by Crippen LogP contribution is 2.49. The van der Waals surface area contributed by atoms with Crippen molar-refractivity contribution in [2.45, 2.75) is 50.5 Å². The lowest BCUT2D eigenvalue weighted by Gasteiger charge is -2.29. The number of piperidine rings is 1. The lowest BCUT2D eigenvalue weighted by Crippen LogP contribution is -2.34. The molecule has 2 aromatic heterocycles. The van der Waals surface area contributed by atoms with Crippen LogP contribution in [0.4, 0.5) is 0 Å². The van der Waals surface area contributed by atoms with Crippen LogP contribution in [0.25, 0.3) is 22.3 Å². The van der Waals surface area contributed by atoms with Gasteiger partial charge in [-0.3, -0.25) is 0 Å². The number of hydrogen-bond acceptors (Lipinski definition) is 5. The summed E-state index contributed by atoms with van der Waals surface area (Å²) in [6.45, 7) is 2.15. The molecule has 0 bridgehead atoms. The van der Waals surface area contributed by atoms with Crippen LogP contribution in [-0.4, -0.2) is 50.1 Å². The molecule has 1 unspecified atom stereocenters. The molecular weight excluding hydrogens is 350 g/mol. The van der Waals surface area contributed by atoms with Crippen molar-refractivity contribution in [3.8, 4) is 17.0 Å². The van der Waals surface area contributed by atoms with Crippen LogP contribution in [0, 0.1) is 0 Å². The lowest BCUT2D eigenvalue weighted by molar-refractivity contribution is 0.205. The molecule has 1 aromatic carbocycles. The van der Waals surface area contributed by atoms with Crippen molar-refractivity contribution < 1.29 is 5.11 Å². The Morgan fingerprint density at radius 3 is 2.75 bits per heavy atom. The van der Waals surface area contributed by atoms with Gasteiger partial charge in [0.25, 0.3) is 0 Å². The van der Waals surface area contributed by atoms with Gasteiger partial charge < -0.3 is 10.0 Å². The number of aryl methyl sites for hydroxylation is 1. The third kappa shape index (κ3) is 2.40. The molecule has 6 nitrogen and oxygen atoms in total. The Balaban J connectivity index is 1.51. The number of hydrogen-bond donors (Lipinski definition) is 1. The van der Waals surface area contributed by atoms with Gasteiger partial charge >= 0.3 is 0 Å². The number of nitrogens with zero attached hydrogens (tertiary/aromatic N) is 5. The summed E-state index contributed by atoms with van der Waals surface area (Å²) >= 11 is 0. The summed E-state index contributed by atoms with van der Waals surface area (Å²) in [5, 5.41) is 26.0. The van der Waals surface area contributed by atoms with Gasteiger partial charge in [0.1, 0.15) is 11.4 Å². The van der Waals surface area contributed by atoms with E-state index in [-0.39, 0.29) is 0 Å². The molecule has 0 radical (unpaired) electrons. The monoisotopic (exact) mass is 375 g/mol. The summed E-state index contributed by atoms with van der Waals surface area (Å²) in [6.07, 6.45) is 8.67. The second-order valence-electron chi connectivity index (χ2n) is 8.72. The molecule has 1 N–H and O–H groups in total. The highest BCUT2D eigenvalue weighted by Gasteiger charge is 2.33. The van der Waals surface area contributed by atoms with Gasteiger partial charge in [0, 0.05) is 17.5 Å². The van der Waals surface area contributed by atoms with Gasteiger partial charge in [-0.15, -0.1) is 10.2 Å². The van der Waals surface area contributed by atoms with Crippen LogP contribution in [-0.2, 0) is 12.8 Å². The summed E-state index contributed by atoms with van der Waals surface area (Å²) in [7, 11) is 2.17. The van der Waals surface area contributed by atoms with Gasteiger partial charge in [0.05, 0.1) is 12.2 Å². The van der Waals surface area contributed by atoms with E-state index in [1.165, 1.54) is 30.4 Å². The molecule has 6 rings (SSSR count). The number of aromatic hydroxyl groups is 1. The standard InChI is InChI=1S/C22H25N5O/c1-26-10-2-3-15(12-26)27-22-18(11-23-27)19(14-4-5-14)20(24-25-22)17-9-7-13-6-8-16(13)21(17)28/h7,9,11,14-15,28H,2-6,8,10,12H2,1H3. The van der Waals surface area contributed by atoms with Gasteiger partial charge in [-0.25, -0.2) is 4.68 Å². The molecule has 3 aliphatic rings. The van der Waals surface area contributed by atoms with Crippen molar-refractivity contribution >= 4 is 11.0 Å². The Kier molecular flexibility index (Phi) is 3.54. The number of phenols is 1. The van der Waals surface area contributed by atoms with Crippen LogP contribution in [0.1, 0.15) is 54.3 Å². The molecule has 1 atom stereocenters. The number of likely N-dealkylation sites (tertiary alicyclic amines) is 1. The van der Waals surface area contributed by atoms with Crippen molar-refractivity contribution in [3.05, 3.63) is 35.0 Å². The zero-order valence-corrected chi connectivity index (χ0v) is 16.2. The first kappa shape index (κ1) is 16.5. The van der Waals surface area contributed by atoms with E-state index in [1.54, 1.807) is 0 Å². The van der Waals surface area contributed by atoms with Gasteiger partial charge in [-0.05, 0) is 80.8 Å². The number of phenolic OH excluding ortho intramolecular Hbond substituents is 1. The Hall–Kier alpha value is -2.47. The fraction of sp³-hybridized carbons (Fsp3) is 0.500. The van der Waals surface area contributed by atoms with Gasteiger partial charge in [0.15, 0.2) is 5.65 Å². The average molecular weight is 375 g/mol. The SMILES string of the molecule is CN1CCCC(n2ncc3c(C4CC4)c(-c4ccc5c(c4O)CC5)nnc32)C1. The molecule has 2 aliphatic carbocycles. The van der Waals surface area contributed by atoms with E-state index in [1.807, 2.05) is 12.3 Å². The minimum Gasteiger partial charge on any atom is -0.507 e. The molecule has 1 saturated heterocycles. The van der Waals surface area contributed by atoms with E-state index < -0.39 is 0 Å². The topological polar surface area (TPSA) is 67.1 Å². The molecule has 3 heterocycles. The highest BCUT2D eigenvalue weighted by atomic mass is 16.3. The van der Waals surface area contributed by atoms with E-state index in [0.29, 0.717) is 17.7 Å². The normalized spacial score (nSPS) is 22.2. The van der Waals surface area contributed by atoms with Crippen LogP contribution in [0.5, 0.6) is 5.75 Å². The third-order valence-electron chi connectivity index (χ3n) is 6.77. The quantitative estimate of drug-likeness (QED) is 0.760. The Labute approximate surface area is 164 Å². The number of rotatable bonds is 3. The van der Waals surface area contributed by atoms with Crippen molar-refractivity contribution in [2.24, 2.45) is 0 Å². The van der Waals surface area contributed by atoms with E-state index in [0.717, 1.165) is 60.2 Å². The number of likely N-dealkylation sites (N-methyl/N-ethyl adjacent to an activating group) is 1. The van der Waals surface area contributed by atoms with Gasteiger partial charge in [0.2, 0.25) is 0 Å². The highest BCUT2D eigenvalue weighted by molar-refractivity contribution is 5.87. The van der Waals surface area contributed by atoms with Crippen LogP contribution in [0.3, 0.4) is 0 Å². The van der Waals surface area contributed by atoms with Crippen molar-refractivity contribution in [2.75, 3.05) is 20.1 Å². The summed E-state index contributed by atoms with van der Waals surface area (Å²) < 4.78 is 2.09. The minimum atomic E-state index is 0.355. The predicted octanol–water partition coefficient (Wildman–Crippen LogP) is 3.44. The first-order valence-corrected chi connectivity index (χ1v) is 10.5. The number of benzene rings is 1. The van der Waals surface area contributed by atoms with Crippen molar-refractivity contribution in [3.63, 3.8) is 0 Å². The lowest BCUT2D eigenvalue weighted by atomic mass is 9.85. The average Bonchev–Trinajstić information content (AvgIpc) is 3.40. The second kappa shape index (κ2) is 6.01. The molecule has 1 saturated carbocycles. The molecule has 6 heteroatoms. The maximum Gasteiger partial charge on any atom is 0.181 e. The zero-order valence-electron chi connectivity index (χ0n) is 16.2. The van der Waals surface area contributed by atoms with Gasteiger partial charge in [-0.1, -0.05) is 6.07 Å². The Morgan fingerprint density at radius 2 is 2.00 bits per heavy atom. The predicted molar refractivity (Wildman–Crippen MR) is 108 cm³/mol. The smallest absolute Gasteiger partial charge is 0.181 e. The first-order chi connectivity index (χ1) is 13.7. The number of aromatic nitrogens is 4. The molecule has 144 valence electrons. The first-order valence-electron chi connectivity index (χ1n) is 10.5. The molecule has 2 fully saturated rings. The minimum absolute atomic E-state index is 0.355. The van der Waals surface area contributed by atoms with Crippen LogP contribution < -0.4 is 0 Å². The van der Waals surface area contributed by atoms with E-state index >= 15 is 0 Å². The van der Waals surface area contributed by atoms with Crippen molar-refractivity contribution in [1.82, 2.24) is 24.9 Å². The summed E-state index contributed by atoms with van der Waals surface area (Å²) in [4.78, 5) is 2.37. The molecule has 28 heavy (non-hydrogen) atoms. The van der Waals surface area contributed by atoms with E-state index in [9.17, 15) is 5.11 Å². The van der Waals surface area contributed by atoms with Crippen LogP contribution >= 0.6 is 0 Å². The van der Waals surface area contributed by atoms with Crippen LogP contribution in [0.15, 0.2) is 18.3 Å². The third-order valence-corrected chi connectivity index (χ3v) is 6.77. The molecule has 0 spiro atoms. The maximum absolute atomic E-state index is 10.8.